The van der Waals surface area contributed by atoms with Crippen LogP contribution in [0.3, 0.4) is 0 Å². The van der Waals surface area contributed by atoms with Crippen molar-refractivity contribution in [3.8, 4) is 17.0 Å². The average Bonchev–Trinajstić information content (AvgIpc) is 3.27. The highest BCUT2D eigenvalue weighted by Crippen LogP contribution is 2.38. The second kappa shape index (κ2) is 9.53. The molecule has 0 aliphatic carbocycles. The molecule has 166 valence electrons. The number of fused-ring (bicyclic) bond motifs is 1. The van der Waals surface area contributed by atoms with Gasteiger partial charge < -0.3 is 9.64 Å². The van der Waals surface area contributed by atoms with Crippen LogP contribution in [0.25, 0.3) is 11.3 Å². The highest BCUT2D eigenvalue weighted by Gasteiger charge is 2.34. The molecule has 0 fully saturated rings. The summed E-state index contributed by atoms with van der Waals surface area (Å²) >= 11 is 1.64. The van der Waals surface area contributed by atoms with Gasteiger partial charge in [-0.1, -0.05) is 25.1 Å². The number of nitrogens with zero attached hydrogens (tertiary/aromatic N) is 3. The molecule has 2 aromatic carbocycles. The number of carbonyl (C=O) groups is 2. The van der Waals surface area contributed by atoms with Gasteiger partial charge >= 0.3 is 0 Å². The zero-order chi connectivity index (χ0) is 22.7. The Hall–Kier alpha value is -3.19. The number of aryl methyl sites for hydroxylation is 1. The second-order valence-electron chi connectivity index (χ2n) is 7.72. The first kappa shape index (κ1) is 22.0. The Morgan fingerprint density at radius 3 is 2.69 bits per heavy atom. The van der Waals surface area contributed by atoms with Gasteiger partial charge in [-0.3, -0.25) is 14.5 Å². The number of thiazole rings is 1. The second-order valence-corrected chi connectivity index (χ2v) is 8.66. The number of para-hydroxylation sites is 1. The molecule has 2 heterocycles. The predicted molar refractivity (Wildman–Crippen MR) is 128 cm³/mol. The molecule has 0 radical (unpaired) electrons. The molecule has 0 N–H and O–H groups in total. The van der Waals surface area contributed by atoms with Crippen LogP contribution in [0.4, 0.5) is 11.4 Å². The van der Waals surface area contributed by atoms with E-state index in [1.54, 1.807) is 28.1 Å². The third-order valence-corrected chi connectivity index (χ3v) is 6.37. The summed E-state index contributed by atoms with van der Waals surface area (Å²) in [5, 5.41) is 3.12. The number of ether oxygens (including phenoxy) is 1. The Bertz CT molecular complexity index is 1110. The summed E-state index contributed by atoms with van der Waals surface area (Å²) in [5.74, 6) is 0.230. The van der Waals surface area contributed by atoms with Crippen molar-refractivity contribution in [2.24, 2.45) is 0 Å². The number of rotatable bonds is 7. The van der Waals surface area contributed by atoms with Crippen molar-refractivity contribution in [1.82, 2.24) is 4.98 Å². The van der Waals surface area contributed by atoms with Crippen molar-refractivity contribution in [2.75, 3.05) is 22.9 Å². The lowest BCUT2D eigenvalue weighted by Crippen LogP contribution is -2.49. The molecule has 1 atom stereocenters. The standard InChI is InChI=1S/C25H27N3O3S/c1-4-9-23-26-20(16-32-23)18-12-13-22-21(14-18)28(25(30)17(3)31-22)15-24(29)27(5-2)19-10-7-6-8-11-19/h6-8,10-14,16-17H,4-5,9,15H2,1-3H3. The number of likely N-dealkylation sites (N-methyl/N-ethyl adjacent to an activating group) is 1. The number of hydrogen-bond donors (Lipinski definition) is 0. The fraction of sp³-hybridized carbons (Fsp3) is 0.320. The Morgan fingerprint density at radius 1 is 1.19 bits per heavy atom. The minimum Gasteiger partial charge on any atom is -0.479 e. The van der Waals surface area contributed by atoms with E-state index in [-0.39, 0.29) is 18.4 Å². The first-order chi connectivity index (χ1) is 15.5. The van der Waals surface area contributed by atoms with E-state index >= 15 is 0 Å². The van der Waals surface area contributed by atoms with Gasteiger partial charge in [-0.25, -0.2) is 4.98 Å². The minimum atomic E-state index is -0.650. The van der Waals surface area contributed by atoms with Crippen molar-refractivity contribution in [3.63, 3.8) is 0 Å². The predicted octanol–water partition coefficient (Wildman–Crippen LogP) is 4.93. The number of aromatic nitrogens is 1. The SMILES string of the molecule is CCCc1nc(-c2ccc3c(c2)N(CC(=O)N(CC)c2ccccc2)C(=O)C(C)O3)cs1. The lowest BCUT2D eigenvalue weighted by Gasteiger charge is -2.34. The quantitative estimate of drug-likeness (QED) is 0.513. The Kier molecular flexibility index (Phi) is 6.55. The van der Waals surface area contributed by atoms with Crippen LogP contribution in [-0.2, 0) is 16.0 Å². The van der Waals surface area contributed by atoms with E-state index in [0.717, 1.165) is 34.8 Å². The van der Waals surface area contributed by atoms with Crippen LogP contribution in [0.15, 0.2) is 53.9 Å². The Labute approximate surface area is 192 Å². The fourth-order valence-electron chi connectivity index (χ4n) is 3.83. The van der Waals surface area contributed by atoms with Crippen molar-refractivity contribution in [1.29, 1.82) is 0 Å². The molecule has 0 bridgehead atoms. The first-order valence-corrected chi connectivity index (χ1v) is 11.8. The Balaban J connectivity index is 1.65. The molecule has 2 amide bonds. The molecule has 0 saturated heterocycles. The van der Waals surface area contributed by atoms with E-state index in [2.05, 4.69) is 6.92 Å². The van der Waals surface area contributed by atoms with Gasteiger partial charge in [-0.05, 0) is 57.0 Å². The van der Waals surface area contributed by atoms with E-state index in [1.807, 2.05) is 60.8 Å². The molecule has 1 aliphatic rings. The summed E-state index contributed by atoms with van der Waals surface area (Å²) in [7, 11) is 0. The molecule has 1 aliphatic heterocycles. The molecule has 1 unspecified atom stereocenters. The van der Waals surface area contributed by atoms with Gasteiger partial charge in [0.1, 0.15) is 12.3 Å². The monoisotopic (exact) mass is 449 g/mol. The van der Waals surface area contributed by atoms with Crippen LogP contribution < -0.4 is 14.5 Å². The van der Waals surface area contributed by atoms with Crippen LogP contribution in [0.5, 0.6) is 5.75 Å². The smallest absolute Gasteiger partial charge is 0.268 e. The van der Waals surface area contributed by atoms with Gasteiger partial charge in [0.2, 0.25) is 5.91 Å². The molecule has 3 aromatic rings. The first-order valence-electron chi connectivity index (χ1n) is 10.9. The zero-order valence-corrected chi connectivity index (χ0v) is 19.4. The summed E-state index contributed by atoms with van der Waals surface area (Å²) < 4.78 is 5.83. The van der Waals surface area contributed by atoms with Gasteiger partial charge in [0.05, 0.1) is 16.4 Å². The number of hydrogen-bond acceptors (Lipinski definition) is 5. The Morgan fingerprint density at radius 2 is 1.97 bits per heavy atom. The van der Waals surface area contributed by atoms with Crippen LogP contribution in [-0.4, -0.2) is 36.0 Å². The van der Waals surface area contributed by atoms with Crippen LogP contribution in [0.2, 0.25) is 0 Å². The van der Waals surface area contributed by atoms with E-state index in [4.69, 9.17) is 9.72 Å². The summed E-state index contributed by atoms with van der Waals surface area (Å²) in [6.45, 7) is 6.24. The molecular formula is C25H27N3O3S. The largest absolute Gasteiger partial charge is 0.479 e. The van der Waals surface area contributed by atoms with Crippen LogP contribution in [0, 0.1) is 0 Å². The van der Waals surface area contributed by atoms with Crippen molar-refractivity contribution >= 4 is 34.5 Å². The third-order valence-electron chi connectivity index (χ3n) is 5.46. The number of benzene rings is 2. The fourth-order valence-corrected chi connectivity index (χ4v) is 4.74. The highest BCUT2D eigenvalue weighted by atomic mass is 32.1. The maximum Gasteiger partial charge on any atom is 0.268 e. The lowest BCUT2D eigenvalue weighted by atomic mass is 10.1. The van der Waals surface area contributed by atoms with Gasteiger partial charge in [0.25, 0.3) is 5.91 Å². The summed E-state index contributed by atoms with van der Waals surface area (Å²) in [5.41, 5.74) is 3.20. The molecule has 6 nitrogen and oxygen atoms in total. The normalized spacial score (nSPS) is 15.3. The summed E-state index contributed by atoms with van der Waals surface area (Å²) in [6.07, 6.45) is 1.34. The molecule has 0 saturated carbocycles. The molecule has 4 rings (SSSR count). The third kappa shape index (κ3) is 4.39. The minimum absolute atomic E-state index is 0.0517. The lowest BCUT2D eigenvalue weighted by molar-refractivity contribution is -0.127. The van der Waals surface area contributed by atoms with E-state index in [9.17, 15) is 9.59 Å². The molecule has 32 heavy (non-hydrogen) atoms. The van der Waals surface area contributed by atoms with Gasteiger partial charge in [0.15, 0.2) is 6.10 Å². The van der Waals surface area contributed by atoms with Gasteiger partial charge in [-0.2, -0.15) is 0 Å². The molecule has 1 aromatic heterocycles. The number of amides is 2. The maximum absolute atomic E-state index is 13.2. The summed E-state index contributed by atoms with van der Waals surface area (Å²) in [6, 6.07) is 15.2. The molecular weight excluding hydrogens is 422 g/mol. The van der Waals surface area contributed by atoms with Crippen LogP contribution >= 0.6 is 11.3 Å². The van der Waals surface area contributed by atoms with E-state index in [0.29, 0.717) is 18.0 Å². The van der Waals surface area contributed by atoms with Gasteiger partial charge in [0, 0.05) is 23.2 Å². The topological polar surface area (TPSA) is 62.7 Å². The number of carbonyl (C=O) groups excluding carboxylic acids is 2. The van der Waals surface area contributed by atoms with Crippen molar-refractivity contribution in [2.45, 2.75) is 39.7 Å². The van der Waals surface area contributed by atoms with E-state index in [1.165, 1.54) is 0 Å². The average molecular weight is 450 g/mol. The maximum atomic E-state index is 13.2. The molecule has 0 spiro atoms. The van der Waals surface area contributed by atoms with Crippen molar-refractivity contribution in [3.05, 3.63) is 58.9 Å². The highest BCUT2D eigenvalue weighted by molar-refractivity contribution is 7.09. The molecule has 7 heteroatoms. The van der Waals surface area contributed by atoms with Gasteiger partial charge in [-0.15, -0.1) is 11.3 Å². The summed E-state index contributed by atoms with van der Waals surface area (Å²) in [4.78, 5) is 34.2. The zero-order valence-electron chi connectivity index (χ0n) is 18.6. The van der Waals surface area contributed by atoms with Crippen molar-refractivity contribution < 1.29 is 14.3 Å². The number of anilines is 2. The van der Waals surface area contributed by atoms with E-state index < -0.39 is 6.10 Å². The van der Waals surface area contributed by atoms with Crippen LogP contribution in [0.1, 0.15) is 32.2 Å².